The number of benzene rings is 1. The van der Waals surface area contributed by atoms with Crippen LogP contribution in [0, 0.1) is 12.0 Å². The molecule has 1 saturated heterocycles. The van der Waals surface area contributed by atoms with Gasteiger partial charge in [0, 0.05) is 38.8 Å². The average molecular weight is 214 g/mol. The lowest BCUT2D eigenvalue weighted by atomic mass is 10.2. The molecule has 1 fully saturated rings. The summed E-state index contributed by atoms with van der Waals surface area (Å²) >= 11 is 0. The van der Waals surface area contributed by atoms with Crippen LogP contribution in [0.1, 0.15) is 12.5 Å². The Morgan fingerprint density at radius 2 is 1.75 bits per heavy atom. The number of piperazine rings is 1. The first-order valence-corrected chi connectivity index (χ1v) is 5.82. The minimum atomic E-state index is 1.06. The highest BCUT2D eigenvalue weighted by atomic mass is 15.2. The Morgan fingerprint density at radius 3 is 2.38 bits per heavy atom. The van der Waals surface area contributed by atoms with Gasteiger partial charge >= 0.3 is 0 Å². The third-order valence-electron chi connectivity index (χ3n) is 2.89. The monoisotopic (exact) mass is 214 g/mol. The van der Waals surface area contributed by atoms with Gasteiger partial charge in [-0.15, -0.1) is 0 Å². The number of hydrogen-bond donors (Lipinski definition) is 0. The second-order valence-corrected chi connectivity index (χ2v) is 4.11. The molecule has 0 saturated carbocycles. The van der Waals surface area contributed by atoms with Crippen LogP contribution in [0.4, 0.5) is 0 Å². The summed E-state index contributed by atoms with van der Waals surface area (Å²) in [5, 5.41) is 0. The summed E-state index contributed by atoms with van der Waals surface area (Å²) in [6.45, 7) is 7.32. The molecule has 0 radical (unpaired) electrons. The molecule has 16 heavy (non-hydrogen) atoms. The Labute approximate surface area is 97.9 Å². The minimum Gasteiger partial charge on any atom is -0.330 e. The van der Waals surface area contributed by atoms with Gasteiger partial charge in [0.2, 0.25) is 0 Å². The summed E-state index contributed by atoms with van der Waals surface area (Å²) in [6.07, 6.45) is 0. The summed E-state index contributed by atoms with van der Waals surface area (Å²) < 4.78 is 0. The largest absolute Gasteiger partial charge is 0.330 e. The predicted octanol–water partition coefficient (Wildman–Crippen LogP) is 1.79. The van der Waals surface area contributed by atoms with Crippen molar-refractivity contribution in [3.8, 4) is 12.0 Å². The van der Waals surface area contributed by atoms with Gasteiger partial charge in [0.15, 0.2) is 0 Å². The van der Waals surface area contributed by atoms with Crippen LogP contribution in [0.2, 0.25) is 0 Å². The maximum absolute atomic E-state index is 3.13. The molecule has 1 aliphatic rings. The summed E-state index contributed by atoms with van der Waals surface area (Å²) in [6, 6.07) is 13.8. The van der Waals surface area contributed by atoms with Crippen LogP contribution in [0.15, 0.2) is 30.3 Å². The van der Waals surface area contributed by atoms with Gasteiger partial charge in [0.1, 0.15) is 0 Å². The lowest BCUT2D eigenvalue weighted by Crippen LogP contribution is -2.43. The summed E-state index contributed by atoms with van der Waals surface area (Å²) in [4.78, 5) is 4.70. The van der Waals surface area contributed by atoms with Crippen molar-refractivity contribution >= 4 is 0 Å². The molecule has 0 bridgehead atoms. The molecule has 0 spiro atoms. The van der Waals surface area contributed by atoms with Gasteiger partial charge in [-0.3, -0.25) is 4.90 Å². The molecule has 0 unspecified atom stereocenters. The van der Waals surface area contributed by atoms with Gasteiger partial charge in [-0.25, -0.2) is 0 Å². The van der Waals surface area contributed by atoms with Crippen molar-refractivity contribution in [3.05, 3.63) is 35.9 Å². The topological polar surface area (TPSA) is 6.48 Å². The van der Waals surface area contributed by atoms with E-state index < -0.39 is 0 Å². The normalized spacial score (nSPS) is 16.7. The highest BCUT2D eigenvalue weighted by Crippen LogP contribution is 2.07. The quantitative estimate of drug-likeness (QED) is 0.692. The Morgan fingerprint density at radius 1 is 1.06 bits per heavy atom. The molecule has 2 heteroatoms. The van der Waals surface area contributed by atoms with E-state index >= 15 is 0 Å². The second-order valence-electron chi connectivity index (χ2n) is 4.11. The fourth-order valence-corrected chi connectivity index (χ4v) is 2.02. The fourth-order valence-electron chi connectivity index (χ4n) is 2.02. The van der Waals surface area contributed by atoms with E-state index in [2.05, 4.69) is 52.1 Å². The highest BCUT2D eigenvalue weighted by molar-refractivity contribution is 5.14. The maximum Gasteiger partial charge on any atom is 0.0388 e. The Hall–Kier alpha value is -1.46. The lowest BCUT2D eigenvalue weighted by Gasteiger charge is -2.32. The van der Waals surface area contributed by atoms with Gasteiger partial charge in [0.25, 0.3) is 0 Å². The van der Waals surface area contributed by atoms with E-state index in [1.807, 2.05) is 6.92 Å². The predicted molar refractivity (Wildman–Crippen MR) is 66.7 cm³/mol. The molecule has 0 atom stereocenters. The van der Waals surface area contributed by atoms with Crippen molar-refractivity contribution in [1.82, 2.24) is 9.80 Å². The van der Waals surface area contributed by atoms with Crippen LogP contribution < -0.4 is 0 Å². The molecule has 1 aromatic rings. The first-order valence-electron chi connectivity index (χ1n) is 5.82. The number of rotatable bonds is 2. The molecule has 2 nitrogen and oxygen atoms in total. The van der Waals surface area contributed by atoms with E-state index in [-0.39, 0.29) is 0 Å². The van der Waals surface area contributed by atoms with Gasteiger partial charge in [0.05, 0.1) is 0 Å². The van der Waals surface area contributed by atoms with Gasteiger partial charge in [-0.1, -0.05) is 36.3 Å². The van der Waals surface area contributed by atoms with Crippen LogP contribution in [-0.4, -0.2) is 36.0 Å². The zero-order valence-corrected chi connectivity index (χ0v) is 9.82. The van der Waals surface area contributed by atoms with Crippen molar-refractivity contribution in [2.24, 2.45) is 0 Å². The Kier molecular flexibility index (Phi) is 3.85. The van der Waals surface area contributed by atoms with Crippen LogP contribution >= 0.6 is 0 Å². The van der Waals surface area contributed by atoms with E-state index in [9.17, 15) is 0 Å². The second kappa shape index (κ2) is 5.58. The maximum atomic E-state index is 3.13. The molecular formula is C14H18N2. The molecule has 0 N–H and O–H groups in total. The Balaban J connectivity index is 1.83. The van der Waals surface area contributed by atoms with E-state index in [0.29, 0.717) is 0 Å². The van der Waals surface area contributed by atoms with E-state index in [1.54, 1.807) is 0 Å². The zero-order valence-electron chi connectivity index (χ0n) is 9.82. The van der Waals surface area contributed by atoms with Crippen LogP contribution in [0.5, 0.6) is 0 Å². The van der Waals surface area contributed by atoms with Gasteiger partial charge in [-0.05, 0) is 12.5 Å². The van der Waals surface area contributed by atoms with Crippen LogP contribution in [-0.2, 0) is 6.54 Å². The average Bonchev–Trinajstić information content (AvgIpc) is 2.33. The fraction of sp³-hybridized carbons (Fsp3) is 0.429. The van der Waals surface area contributed by atoms with E-state index in [0.717, 1.165) is 32.7 Å². The van der Waals surface area contributed by atoms with E-state index in [4.69, 9.17) is 0 Å². The third kappa shape index (κ3) is 3.01. The van der Waals surface area contributed by atoms with Crippen molar-refractivity contribution < 1.29 is 0 Å². The molecule has 0 aromatic heterocycles. The van der Waals surface area contributed by atoms with Gasteiger partial charge in [-0.2, -0.15) is 0 Å². The van der Waals surface area contributed by atoms with E-state index in [1.165, 1.54) is 5.56 Å². The summed E-state index contributed by atoms with van der Waals surface area (Å²) in [7, 11) is 0. The third-order valence-corrected chi connectivity index (χ3v) is 2.89. The first-order chi connectivity index (χ1) is 7.88. The van der Waals surface area contributed by atoms with Crippen molar-refractivity contribution in [1.29, 1.82) is 0 Å². The summed E-state index contributed by atoms with van der Waals surface area (Å²) in [5.41, 5.74) is 1.40. The van der Waals surface area contributed by atoms with Crippen molar-refractivity contribution in [3.63, 3.8) is 0 Å². The van der Waals surface area contributed by atoms with Crippen molar-refractivity contribution in [2.75, 3.05) is 26.2 Å². The first kappa shape index (κ1) is 11.0. The molecule has 0 amide bonds. The molecule has 1 heterocycles. The zero-order chi connectivity index (χ0) is 11.2. The summed E-state index contributed by atoms with van der Waals surface area (Å²) in [5.74, 6) is 2.96. The minimum absolute atomic E-state index is 1.06. The molecule has 1 aromatic carbocycles. The van der Waals surface area contributed by atoms with Gasteiger partial charge < -0.3 is 4.90 Å². The molecular weight excluding hydrogens is 196 g/mol. The molecule has 0 aliphatic carbocycles. The molecule has 1 aliphatic heterocycles. The smallest absolute Gasteiger partial charge is 0.0388 e. The number of nitrogens with zero attached hydrogens (tertiary/aromatic N) is 2. The standard InChI is InChI=1S/C14H18N2/c1-2-8-15-9-11-16(12-10-15)13-14-6-4-3-5-7-14/h3-7H,9-13H2,1H3. The lowest BCUT2D eigenvalue weighted by molar-refractivity contribution is 0.169. The molecule has 84 valence electrons. The molecule has 2 rings (SSSR count). The van der Waals surface area contributed by atoms with Crippen molar-refractivity contribution in [2.45, 2.75) is 13.5 Å². The van der Waals surface area contributed by atoms with Crippen LogP contribution in [0.25, 0.3) is 0 Å². The van der Waals surface area contributed by atoms with Crippen LogP contribution in [0.3, 0.4) is 0 Å². The number of hydrogen-bond acceptors (Lipinski definition) is 2. The SMILES string of the molecule is CC#CN1CCN(Cc2ccccc2)CC1. The Bertz CT molecular complexity index is 367. The highest BCUT2D eigenvalue weighted by Gasteiger charge is 2.14.